The van der Waals surface area contributed by atoms with Gasteiger partial charge in [-0.15, -0.1) is 0 Å². The molecule has 0 fully saturated rings. The third-order valence-electron chi connectivity index (χ3n) is 1.92. The van der Waals surface area contributed by atoms with Crippen molar-refractivity contribution in [2.75, 3.05) is 19.2 Å². The monoisotopic (exact) mass is 235 g/mol. The van der Waals surface area contributed by atoms with E-state index in [-0.39, 0.29) is 24.0 Å². The van der Waals surface area contributed by atoms with Gasteiger partial charge < -0.3 is 19.9 Å². The highest BCUT2D eigenvalue weighted by molar-refractivity contribution is 5.62. The van der Waals surface area contributed by atoms with Gasteiger partial charge in [-0.1, -0.05) is 0 Å². The molecule has 0 aromatic heterocycles. The van der Waals surface area contributed by atoms with E-state index in [1.807, 2.05) is 0 Å². The number of anilines is 1. The van der Waals surface area contributed by atoms with Gasteiger partial charge in [0.1, 0.15) is 0 Å². The second-order valence-electron chi connectivity index (χ2n) is 3.12. The predicted octanol–water partition coefficient (Wildman–Crippen LogP) is 1.94. The summed E-state index contributed by atoms with van der Waals surface area (Å²) in [5.41, 5.74) is 5.37. The largest absolute Gasteiger partial charge is 0.454 e. The van der Waals surface area contributed by atoms with E-state index < -0.39 is 12.8 Å². The van der Waals surface area contributed by atoms with Crippen LogP contribution in [0.15, 0.2) is 12.1 Å². The van der Waals surface area contributed by atoms with Crippen LogP contribution in [0.5, 0.6) is 17.2 Å². The highest BCUT2D eigenvalue weighted by atomic mass is 19.3. The molecule has 0 amide bonds. The molecule has 0 bridgehead atoms. The van der Waals surface area contributed by atoms with E-state index in [1.165, 1.54) is 6.07 Å². The number of benzene rings is 1. The van der Waals surface area contributed by atoms with Crippen LogP contribution in [0.3, 0.4) is 0 Å². The molecule has 0 spiro atoms. The van der Waals surface area contributed by atoms with Crippen LogP contribution >= 0.6 is 0 Å². The zero-order valence-corrected chi connectivity index (χ0v) is 8.00. The molecule has 0 aliphatic carbocycles. The molecule has 1 aromatic carbocycles. The van der Waals surface area contributed by atoms with Crippen molar-refractivity contribution < 1.29 is 27.4 Å². The van der Waals surface area contributed by atoms with Crippen molar-refractivity contribution in [3.8, 4) is 17.2 Å². The Kier molecular flexibility index (Phi) is 2.45. The number of hydrogen-bond acceptors (Lipinski definition) is 4. The summed E-state index contributed by atoms with van der Waals surface area (Å²) in [5.74, 6) is 0.235. The van der Waals surface area contributed by atoms with Gasteiger partial charge >= 0.3 is 6.11 Å². The maximum Gasteiger partial charge on any atom is 0.427 e. The summed E-state index contributed by atoms with van der Waals surface area (Å²) in [7, 11) is 0. The molecule has 1 aromatic rings. The molecule has 2 rings (SSSR count). The van der Waals surface area contributed by atoms with Gasteiger partial charge in [0.05, 0.1) is 5.69 Å². The SMILES string of the molecule is Nc1cc2c(cc1OC(F)(F)CF)OCO2. The van der Waals surface area contributed by atoms with E-state index >= 15 is 0 Å². The summed E-state index contributed by atoms with van der Waals surface area (Å²) < 4.78 is 51.2. The van der Waals surface area contributed by atoms with Crippen LogP contribution in [0, 0.1) is 0 Å². The standard InChI is InChI=1S/C9H8F3NO3/c10-3-9(11,12)16-6-2-8-7(1-5(6)13)14-4-15-8/h1-2H,3-4,13H2. The van der Waals surface area contributed by atoms with Crippen LogP contribution in [0.4, 0.5) is 18.9 Å². The molecule has 0 unspecified atom stereocenters. The van der Waals surface area contributed by atoms with Crippen LogP contribution in [0.1, 0.15) is 0 Å². The van der Waals surface area contributed by atoms with Gasteiger partial charge in [0.25, 0.3) is 0 Å². The van der Waals surface area contributed by atoms with Crippen molar-refractivity contribution in [3.05, 3.63) is 12.1 Å². The van der Waals surface area contributed by atoms with Gasteiger partial charge in [0, 0.05) is 12.1 Å². The Morgan fingerprint density at radius 2 is 1.94 bits per heavy atom. The Hall–Kier alpha value is -1.79. The normalized spacial score (nSPS) is 13.9. The quantitative estimate of drug-likeness (QED) is 0.813. The second kappa shape index (κ2) is 3.66. The minimum atomic E-state index is -3.90. The Bertz CT molecular complexity index is 411. The smallest absolute Gasteiger partial charge is 0.427 e. The zero-order valence-electron chi connectivity index (χ0n) is 8.00. The lowest BCUT2D eigenvalue weighted by Crippen LogP contribution is -2.27. The second-order valence-corrected chi connectivity index (χ2v) is 3.12. The van der Waals surface area contributed by atoms with Crippen LogP contribution in [0.25, 0.3) is 0 Å². The van der Waals surface area contributed by atoms with Crippen molar-refractivity contribution in [3.63, 3.8) is 0 Å². The van der Waals surface area contributed by atoms with E-state index in [0.717, 1.165) is 6.07 Å². The summed E-state index contributed by atoms with van der Waals surface area (Å²) in [6.07, 6.45) is -3.90. The van der Waals surface area contributed by atoms with Gasteiger partial charge in [-0.05, 0) is 0 Å². The minimum Gasteiger partial charge on any atom is -0.454 e. The number of rotatable bonds is 3. The first-order chi connectivity index (χ1) is 7.52. The topological polar surface area (TPSA) is 53.7 Å². The molecule has 0 atom stereocenters. The predicted molar refractivity (Wildman–Crippen MR) is 48.5 cm³/mol. The van der Waals surface area contributed by atoms with Crippen molar-refractivity contribution in [1.82, 2.24) is 0 Å². The van der Waals surface area contributed by atoms with E-state index in [4.69, 9.17) is 15.2 Å². The minimum absolute atomic E-state index is 0.0161. The Morgan fingerprint density at radius 1 is 1.31 bits per heavy atom. The number of halogens is 3. The Labute approximate surface area is 88.7 Å². The lowest BCUT2D eigenvalue weighted by molar-refractivity contribution is -0.186. The van der Waals surface area contributed by atoms with Gasteiger partial charge in [-0.25, -0.2) is 4.39 Å². The molecule has 1 aliphatic rings. The van der Waals surface area contributed by atoms with Gasteiger partial charge in [-0.2, -0.15) is 8.78 Å². The Morgan fingerprint density at radius 3 is 2.56 bits per heavy atom. The molecule has 0 saturated heterocycles. The van der Waals surface area contributed by atoms with E-state index in [2.05, 4.69) is 4.74 Å². The van der Waals surface area contributed by atoms with Crippen molar-refractivity contribution >= 4 is 5.69 Å². The molecule has 0 saturated carbocycles. The average molecular weight is 235 g/mol. The summed E-state index contributed by atoms with van der Waals surface area (Å²) in [5, 5.41) is 0. The number of nitrogen functional groups attached to an aromatic ring is 1. The Balaban J connectivity index is 2.28. The van der Waals surface area contributed by atoms with Gasteiger partial charge in [-0.3, -0.25) is 0 Å². The van der Waals surface area contributed by atoms with Crippen LogP contribution in [-0.2, 0) is 0 Å². The first kappa shape index (κ1) is 10.7. The van der Waals surface area contributed by atoms with E-state index in [1.54, 1.807) is 0 Å². The van der Waals surface area contributed by atoms with Crippen molar-refractivity contribution in [2.45, 2.75) is 6.11 Å². The number of hydrogen-bond donors (Lipinski definition) is 1. The zero-order chi connectivity index (χ0) is 11.8. The number of ether oxygens (including phenoxy) is 3. The molecule has 2 N–H and O–H groups in total. The summed E-state index contributed by atoms with van der Waals surface area (Å²) in [6.45, 7) is -1.95. The molecule has 88 valence electrons. The fourth-order valence-electron chi connectivity index (χ4n) is 1.22. The molecule has 4 nitrogen and oxygen atoms in total. The van der Waals surface area contributed by atoms with Crippen molar-refractivity contribution in [1.29, 1.82) is 0 Å². The average Bonchev–Trinajstić information content (AvgIpc) is 2.65. The highest BCUT2D eigenvalue weighted by Crippen LogP contribution is 2.40. The van der Waals surface area contributed by atoms with Crippen LogP contribution in [0.2, 0.25) is 0 Å². The first-order valence-electron chi connectivity index (χ1n) is 4.34. The summed E-state index contributed by atoms with van der Waals surface area (Å²) in [6, 6.07) is 2.42. The van der Waals surface area contributed by atoms with Crippen LogP contribution < -0.4 is 19.9 Å². The third-order valence-corrected chi connectivity index (χ3v) is 1.92. The fourth-order valence-corrected chi connectivity index (χ4v) is 1.22. The lowest BCUT2D eigenvalue weighted by atomic mass is 10.2. The first-order valence-corrected chi connectivity index (χ1v) is 4.34. The van der Waals surface area contributed by atoms with Crippen molar-refractivity contribution in [2.24, 2.45) is 0 Å². The summed E-state index contributed by atoms with van der Waals surface area (Å²) >= 11 is 0. The van der Waals surface area contributed by atoms with Crippen LogP contribution in [-0.4, -0.2) is 19.6 Å². The third kappa shape index (κ3) is 1.93. The molecule has 0 radical (unpaired) electrons. The fraction of sp³-hybridized carbons (Fsp3) is 0.333. The maximum absolute atomic E-state index is 12.6. The molecule has 7 heteroatoms. The molecule has 1 heterocycles. The number of fused-ring (bicyclic) bond motifs is 1. The summed E-state index contributed by atoms with van der Waals surface area (Å²) in [4.78, 5) is 0. The lowest BCUT2D eigenvalue weighted by Gasteiger charge is -2.16. The van der Waals surface area contributed by atoms with Gasteiger partial charge in [0.15, 0.2) is 23.9 Å². The van der Waals surface area contributed by atoms with E-state index in [0.29, 0.717) is 5.75 Å². The van der Waals surface area contributed by atoms with Gasteiger partial charge in [0.2, 0.25) is 6.79 Å². The highest BCUT2D eigenvalue weighted by Gasteiger charge is 2.33. The number of alkyl halides is 3. The molecule has 1 aliphatic heterocycles. The number of nitrogens with two attached hydrogens (primary N) is 1. The van der Waals surface area contributed by atoms with E-state index in [9.17, 15) is 13.2 Å². The molecule has 16 heavy (non-hydrogen) atoms. The molecular formula is C9H8F3NO3. The molecular weight excluding hydrogens is 227 g/mol. The maximum atomic E-state index is 12.6.